The summed E-state index contributed by atoms with van der Waals surface area (Å²) in [6.07, 6.45) is 5.28. The van der Waals surface area contributed by atoms with Crippen LogP contribution in [0.15, 0.2) is 176 Å². The van der Waals surface area contributed by atoms with E-state index in [1.54, 1.807) is 0 Å². The Balaban J connectivity index is 1.09. The Morgan fingerprint density at radius 1 is 0.385 bits per heavy atom. The minimum atomic E-state index is 0.0341. The minimum Gasteiger partial charge on any atom is -0.212 e. The molecule has 1 heterocycles. The van der Waals surface area contributed by atoms with Crippen molar-refractivity contribution in [3.8, 4) is 45.0 Å². The lowest BCUT2D eigenvalue weighted by molar-refractivity contribution is 0.740. The fraction of sp³-hybridized carbons (Fsp3) is 0.0408. The first kappa shape index (κ1) is 30.1. The van der Waals surface area contributed by atoms with Crippen molar-refractivity contribution in [1.29, 1.82) is 0 Å². The van der Waals surface area contributed by atoms with Crippen molar-refractivity contribution in [2.24, 2.45) is 0 Å². The second-order valence-electron chi connectivity index (χ2n) is 13.6. The third-order valence-corrected chi connectivity index (χ3v) is 10.4. The first-order chi connectivity index (χ1) is 25.7. The quantitative estimate of drug-likeness (QED) is 0.184. The Bertz CT molecular complexity index is 2850. The average molecular weight is 664 g/mol. The molecule has 0 amide bonds. The van der Waals surface area contributed by atoms with Gasteiger partial charge in [-0.05, 0) is 96.4 Å². The second-order valence-corrected chi connectivity index (χ2v) is 13.6. The molecule has 9 aromatic rings. The molecule has 1 aliphatic carbocycles. The molecule has 10 rings (SSSR count). The lowest BCUT2D eigenvalue weighted by Gasteiger charge is -2.21. The number of hydrogen-bond acceptors (Lipinski definition) is 3. The largest absolute Gasteiger partial charge is 0.212 e. The van der Waals surface area contributed by atoms with Crippen LogP contribution in [-0.4, -0.2) is 15.0 Å². The van der Waals surface area contributed by atoms with Gasteiger partial charge in [0.15, 0.2) is 11.6 Å². The lowest BCUT2D eigenvalue weighted by Crippen LogP contribution is -2.12. The summed E-state index contributed by atoms with van der Waals surface area (Å²) in [5.41, 5.74) is 9.08. The van der Waals surface area contributed by atoms with Crippen LogP contribution in [0.5, 0.6) is 0 Å². The maximum Gasteiger partial charge on any atom is 0.164 e. The molecule has 3 nitrogen and oxygen atoms in total. The number of rotatable bonds is 5. The Hall–Kier alpha value is -6.71. The van der Waals surface area contributed by atoms with E-state index in [1.165, 1.54) is 49.2 Å². The Morgan fingerprint density at radius 3 is 1.62 bits per heavy atom. The number of nitrogens with zero attached hydrogens (tertiary/aromatic N) is 3. The van der Waals surface area contributed by atoms with Crippen LogP contribution in [0, 0.1) is 0 Å². The number of hydrogen-bond donors (Lipinski definition) is 0. The van der Waals surface area contributed by atoms with Crippen molar-refractivity contribution in [2.75, 3.05) is 0 Å². The van der Waals surface area contributed by atoms with Gasteiger partial charge in [0.25, 0.3) is 0 Å². The molecule has 1 aromatic heterocycles. The van der Waals surface area contributed by atoms with Crippen molar-refractivity contribution in [3.63, 3.8) is 0 Å². The summed E-state index contributed by atoms with van der Waals surface area (Å²) in [7, 11) is 0. The van der Waals surface area contributed by atoms with Crippen molar-refractivity contribution < 1.29 is 0 Å². The molecule has 0 N–H and O–H groups in total. The van der Waals surface area contributed by atoms with E-state index in [0.29, 0.717) is 11.6 Å². The highest BCUT2D eigenvalue weighted by Crippen LogP contribution is 2.38. The van der Waals surface area contributed by atoms with Gasteiger partial charge < -0.3 is 0 Å². The first-order valence-electron chi connectivity index (χ1n) is 17.9. The highest BCUT2D eigenvalue weighted by molar-refractivity contribution is 5.94. The topological polar surface area (TPSA) is 38.7 Å². The van der Waals surface area contributed by atoms with Crippen molar-refractivity contribution in [1.82, 2.24) is 15.0 Å². The third-order valence-electron chi connectivity index (χ3n) is 10.4. The van der Waals surface area contributed by atoms with Gasteiger partial charge in [-0.2, -0.15) is 0 Å². The zero-order valence-corrected chi connectivity index (χ0v) is 28.4. The zero-order chi connectivity index (χ0) is 34.4. The predicted molar refractivity (Wildman–Crippen MR) is 216 cm³/mol. The zero-order valence-electron chi connectivity index (χ0n) is 28.4. The molecule has 0 saturated heterocycles. The van der Waals surface area contributed by atoms with Gasteiger partial charge in [0.05, 0.1) is 0 Å². The molecule has 52 heavy (non-hydrogen) atoms. The molecular weight excluding hydrogens is 631 g/mol. The van der Waals surface area contributed by atoms with E-state index >= 15 is 0 Å². The summed E-state index contributed by atoms with van der Waals surface area (Å²) >= 11 is 0. The van der Waals surface area contributed by atoms with Gasteiger partial charge in [-0.15, -0.1) is 0 Å². The lowest BCUT2D eigenvalue weighted by atomic mass is 9.86. The summed E-state index contributed by atoms with van der Waals surface area (Å²) in [6, 6.07) is 60.7. The van der Waals surface area contributed by atoms with Gasteiger partial charge in [-0.1, -0.05) is 158 Å². The molecule has 244 valence electrons. The van der Waals surface area contributed by atoms with E-state index < -0.39 is 0 Å². The molecule has 0 saturated carbocycles. The van der Waals surface area contributed by atoms with E-state index in [4.69, 9.17) is 15.0 Å². The van der Waals surface area contributed by atoms with E-state index in [-0.39, 0.29) is 5.92 Å². The Labute approximate surface area is 302 Å². The van der Waals surface area contributed by atoms with Gasteiger partial charge in [0.2, 0.25) is 0 Å². The van der Waals surface area contributed by atoms with Crippen LogP contribution in [0.4, 0.5) is 0 Å². The van der Waals surface area contributed by atoms with Gasteiger partial charge >= 0.3 is 0 Å². The number of allylic oxidation sites excluding steroid dienone is 1. The predicted octanol–water partition coefficient (Wildman–Crippen LogP) is 12.5. The molecule has 8 aromatic carbocycles. The number of fused-ring (bicyclic) bond motifs is 4. The maximum absolute atomic E-state index is 5.27. The molecule has 3 heteroatoms. The fourth-order valence-electron chi connectivity index (χ4n) is 7.70. The van der Waals surface area contributed by atoms with Crippen LogP contribution in [0.1, 0.15) is 29.3 Å². The van der Waals surface area contributed by atoms with Gasteiger partial charge in [-0.25, -0.2) is 15.0 Å². The second kappa shape index (κ2) is 12.6. The molecule has 0 spiro atoms. The summed E-state index contributed by atoms with van der Waals surface area (Å²) in [5.74, 6) is 2.20. The molecule has 0 radical (unpaired) electrons. The summed E-state index contributed by atoms with van der Waals surface area (Å²) in [4.78, 5) is 15.7. The van der Waals surface area contributed by atoms with Crippen LogP contribution in [0.25, 0.3) is 83.4 Å². The SMILES string of the molecule is C1=Cc2ccccc2C(c2nc(-c3ccc4ccccc4c3)nc(-c3ccccc3-c3ccc4cc(-c5ccc6ccccc6c5)ccc4c3)n2)C1. The van der Waals surface area contributed by atoms with E-state index in [0.717, 1.165) is 39.9 Å². The van der Waals surface area contributed by atoms with Gasteiger partial charge in [-0.3, -0.25) is 0 Å². The summed E-state index contributed by atoms with van der Waals surface area (Å²) in [5, 5.41) is 7.26. The molecule has 0 aliphatic heterocycles. The highest BCUT2D eigenvalue weighted by atomic mass is 15.0. The first-order valence-corrected chi connectivity index (χ1v) is 17.9. The Kier molecular flexibility index (Phi) is 7.28. The standard InChI is InChI=1S/C49H33N3/c1-3-13-35-28-37(22-20-32(35)10-1)38-23-24-40-30-41(26-25-39(40)29-38)44-17-7-8-18-45(44)48-50-47(42-27-21-33-11-2-4-14-36(33)31-42)51-49(52-48)46-19-9-15-34-12-5-6-16-43(34)46/h1-18,20-31,46H,19H2. The highest BCUT2D eigenvalue weighted by Gasteiger charge is 2.24. The smallest absolute Gasteiger partial charge is 0.164 e. The molecular formula is C49H33N3. The van der Waals surface area contributed by atoms with Crippen LogP contribution in [0.2, 0.25) is 0 Å². The summed E-state index contributed by atoms with van der Waals surface area (Å²) in [6.45, 7) is 0. The Morgan fingerprint density at radius 2 is 0.885 bits per heavy atom. The molecule has 0 fully saturated rings. The summed E-state index contributed by atoms with van der Waals surface area (Å²) < 4.78 is 0. The molecule has 1 atom stereocenters. The number of benzene rings is 8. The maximum atomic E-state index is 5.27. The third kappa shape index (κ3) is 5.44. The van der Waals surface area contributed by atoms with Crippen molar-refractivity contribution in [3.05, 3.63) is 193 Å². The van der Waals surface area contributed by atoms with Crippen LogP contribution < -0.4 is 0 Å². The molecule has 1 unspecified atom stereocenters. The van der Waals surface area contributed by atoms with E-state index in [1.807, 2.05) is 0 Å². The van der Waals surface area contributed by atoms with E-state index in [9.17, 15) is 0 Å². The van der Waals surface area contributed by atoms with Gasteiger partial charge in [0.1, 0.15) is 5.82 Å². The van der Waals surface area contributed by atoms with Crippen LogP contribution in [0.3, 0.4) is 0 Å². The van der Waals surface area contributed by atoms with Crippen LogP contribution >= 0.6 is 0 Å². The van der Waals surface area contributed by atoms with Gasteiger partial charge in [0, 0.05) is 17.0 Å². The molecule has 0 bridgehead atoms. The monoisotopic (exact) mass is 663 g/mol. The molecule has 1 aliphatic rings. The van der Waals surface area contributed by atoms with Crippen LogP contribution in [-0.2, 0) is 0 Å². The normalized spacial score (nSPS) is 13.8. The number of aromatic nitrogens is 3. The van der Waals surface area contributed by atoms with E-state index in [2.05, 4.69) is 182 Å². The average Bonchev–Trinajstić information content (AvgIpc) is 3.22. The minimum absolute atomic E-state index is 0.0341. The van der Waals surface area contributed by atoms with Crippen molar-refractivity contribution >= 4 is 38.4 Å². The van der Waals surface area contributed by atoms with Crippen molar-refractivity contribution in [2.45, 2.75) is 12.3 Å². The fourth-order valence-corrected chi connectivity index (χ4v) is 7.70.